The molecule has 0 bridgehead atoms. The maximum absolute atomic E-state index is 12.7. The lowest BCUT2D eigenvalue weighted by molar-refractivity contribution is -0.145. The lowest BCUT2D eigenvalue weighted by Crippen LogP contribution is -2.44. The van der Waals surface area contributed by atoms with Crippen LogP contribution in [-0.4, -0.2) is 33.7 Å². The third-order valence-corrected chi connectivity index (χ3v) is 3.59. The highest BCUT2D eigenvalue weighted by atomic mass is 19.4. The van der Waals surface area contributed by atoms with E-state index in [4.69, 9.17) is 5.11 Å². The van der Waals surface area contributed by atoms with Crippen molar-refractivity contribution in [3.63, 3.8) is 0 Å². The largest absolute Gasteiger partial charge is 0.508 e. The zero-order chi connectivity index (χ0) is 15.6. The number of benzene rings is 1. The van der Waals surface area contributed by atoms with Gasteiger partial charge < -0.3 is 10.2 Å². The molecule has 1 atom stereocenters. The highest BCUT2D eigenvalue weighted by Gasteiger charge is 2.32. The summed E-state index contributed by atoms with van der Waals surface area (Å²) in [6.07, 6.45) is -2.45. The van der Waals surface area contributed by atoms with Gasteiger partial charge in [0, 0.05) is 6.54 Å². The van der Waals surface area contributed by atoms with Crippen molar-refractivity contribution in [1.29, 1.82) is 0 Å². The number of likely N-dealkylation sites (tertiary alicyclic amines) is 1. The summed E-state index contributed by atoms with van der Waals surface area (Å²) >= 11 is 0. The molecule has 1 aromatic rings. The van der Waals surface area contributed by atoms with Crippen molar-refractivity contribution in [2.75, 3.05) is 6.54 Å². The van der Waals surface area contributed by atoms with Crippen LogP contribution in [0.4, 0.5) is 13.2 Å². The van der Waals surface area contributed by atoms with E-state index < -0.39 is 29.5 Å². The van der Waals surface area contributed by atoms with Gasteiger partial charge in [0.1, 0.15) is 11.8 Å². The van der Waals surface area contributed by atoms with Crippen molar-refractivity contribution in [3.8, 4) is 5.75 Å². The average Bonchev–Trinajstić information content (AvgIpc) is 2.37. The minimum Gasteiger partial charge on any atom is -0.508 e. The number of hydrogen-bond acceptors (Lipinski definition) is 3. The van der Waals surface area contributed by atoms with Crippen LogP contribution in [0.1, 0.15) is 30.4 Å². The van der Waals surface area contributed by atoms with Gasteiger partial charge in [-0.25, -0.2) is 0 Å². The van der Waals surface area contributed by atoms with Gasteiger partial charge in [0.05, 0.1) is 5.56 Å². The molecule has 1 unspecified atom stereocenters. The first-order valence-corrected chi connectivity index (χ1v) is 6.64. The van der Waals surface area contributed by atoms with Crippen LogP contribution in [-0.2, 0) is 17.5 Å². The van der Waals surface area contributed by atoms with Gasteiger partial charge in [0.25, 0.3) is 0 Å². The molecule has 7 heteroatoms. The Labute approximate surface area is 119 Å². The normalized spacial score (nSPS) is 20.4. The molecule has 1 saturated heterocycles. The van der Waals surface area contributed by atoms with Crippen LogP contribution in [0.25, 0.3) is 0 Å². The van der Waals surface area contributed by atoms with Crippen LogP contribution >= 0.6 is 0 Å². The minimum absolute atomic E-state index is 0.0778. The van der Waals surface area contributed by atoms with Crippen LogP contribution in [0.15, 0.2) is 18.2 Å². The van der Waals surface area contributed by atoms with E-state index in [2.05, 4.69) is 0 Å². The predicted octanol–water partition coefficient (Wildman–Crippen LogP) is 2.85. The van der Waals surface area contributed by atoms with E-state index in [1.807, 2.05) is 0 Å². The van der Waals surface area contributed by atoms with E-state index in [-0.39, 0.29) is 12.1 Å². The van der Waals surface area contributed by atoms with Gasteiger partial charge in [-0.3, -0.25) is 9.69 Å². The number of alkyl halides is 3. The van der Waals surface area contributed by atoms with E-state index in [9.17, 15) is 23.1 Å². The fourth-order valence-corrected chi connectivity index (χ4v) is 2.62. The zero-order valence-corrected chi connectivity index (χ0v) is 11.2. The lowest BCUT2D eigenvalue weighted by atomic mass is 10.0. The van der Waals surface area contributed by atoms with Gasteiger partial charge in [-0.05, 0) is 43.1 Å². The third-order valence-electron chi connectivity index (χ3n) is 3.59. The second-order valence-corrected chi connectivity index (χ2v) is 5.21. The van der Waals surface area contributed by atoms with Crippen LogP contribution in [0.2, 0.25) is 0 Å². The average molecular weight is 303 g/mol. The quantitative estimate of drug-likeness (QED) is 0.901. The summed E-state index contributed by atoms with van der Waals surface area (Å²) in [7, 11) is 0. The number of hydrogen-bond donors (Lipinski definition) is 2. The number of halogens is 3. The molecule has 1 fully saturated rings. The molecule has 0 saturated carbocycles. The van der Waals surface area contributed by atoms with Gasteiger partial charge in [0.15, 0.2) is 0 Å². The fourth-order valence-electron chi connectivity index (χ4n) is 2.62. The first-order chi connectivity index (χ1) is 9.77. The molecule has 1 heterocycles. The molecule has 2 N–H and O–H groups in total. The Bertz CT molecular complexity index is 531. The van der Waals surface area contributed by atoms with Crippen molar-refractivity contribution in [1.82, 2.24) is 4.90 Å². The molecule has 1 aromatic carbocycles. The van der Waals surface area contributed by atoms with Crippen molar-refractivity contribution in [2.24, 2.45) is 0 Å². The Balaban J connectivity index is 2.22. The van der Waals surface area contributed by atoms with Crippen LogP contribution in [0.5, 0.6) is 5.75 Å². The van der Waals surface area contributed by atoms with Gasteiger partial charge in [0.2, 0.25) is 0 Å². The Hall–Kier alpha value is -1.76. The molecular formula is C14H16F3NO3. The highest BCUT2D eigenvalue weighted by molar-refractivity contribution is 5.73. The molecule has 21 heavy (non-hydrogen) atoms. The van der Waals surface area contributed by atoms with E-state index >= 15 is 0 Å². The number of carboxylic acid groups (broad SMARTS) is 1. The monoisotopic (exact) mass is 303 g/mol. The molecule has 0 amide bonds. The Morgan fingerprint density at radius 3 is 2.62 bits per heavy atom. The molecule has 0 spiro atoms. The molecule has 0 aromatic heterocycles. The topological polar surface area (TPSA) is 60.8 Å². The van der Waals surface area contributed by atoms with Gasteiger partial charge in [-0.15, -0.1) is 0 Å². The highest BCUT2D eigenvalue weighted by Crippen LogP contribution is 2.33. The zero-order valence-electron chi connectivity index (χ0n) is 11.2. The second kappa shape index (κ2) is 5.93. The molecule has 0 aliphatic carbocycles. The number of carbonyl (C=O) groups is 1. The van der Waals surface area contributed by atoms with E-state index in [0.29, 0.717) is 19.0 Å². The molecule has 1 aliphatic rings. The summed E-state index contributed by atoms with van der Waals surface area (Å²) < 4.78 is 38.1. The van der Waals surface area contributed by atoms with Crippen LogP contribution in [0, 0.1) is 0 Å². The Kier molecular flexibility index (Phi) is 4.41. The summed E-state index contributed by atoms with van der Waals surface area (Å²) in [5.74, 6) is -1.44. The predicted molar refractivity (Wildman–Crippen MR) is 68.8 cm³/mol. The number of piperidine rings is 1. The third kappa shape index (κ3) is 3.87. The minimum atomic E-state index is -4.54. The molecule has 4 nitrogen and oxygen atoms in total. The number of rotatable bonds is 3. The SMILES string of the molecule is O=C(O)C1CCCCN1Cc1cc(O)cc(C(F)(F)F)c1. The van der Waals surface area contributed by atoms with Gasteiger partial charge >= 0.3 is 12.1 Å². The summed E-state index contributed by atoms with van der Waals surface area (Å²) in [4.78, 5) is 12.8. The van der Waals surface area contributed by atoms with Crippen LogP contribution in [0.3, 0.4) is 0 Å². The summed E-state index contributed by atoms with van der Waals surface area (Å²) in [6, 6.07) is 2.17. The van der Waals surface area contributed by atoms with E-state index in [1.54, 1.807) is 4.90 Å². The summed E-state index contributed by atoms with van der Waals surface area (Å²) in [5.41, 5.74) is -0.670. The van der Waals surface area contributed by atoms with Gasteiger partial charge in [-0.1, -0.05) is 6.42 Å². The fraction of sp³-hybridized carbons (Fsp3) is 0.500. The molecule has 116 valence electrons. The number of phenolic OH excluding ortho intramolecular Hbond substituents is 1. The molecule has 2 rings (SSSR count). The second-order valence-electron chi connectivity index (χ2n) is 5.21. The molecular weight excluding hydrogens is 287 g/mol. The molecule has 0 radical (unpaired) electrons. The van der Waals surface area contributed by atoms with Crippen LogP contribution < -0.4 is 0 Å². The maximum atomic E-state index is 12.7. The summed E-state index contributed by atoms with van der Waals surface area (Å²) in [5, 5.41) is 18.6. The van der Waals surface area contributed by atoms with Crippen molar-refractivity contribution < 1.29 is 28.2 Å². The molecule has 1 aliphatic heterocycles. The number of nitrogens with zero attached hydrogens (tertiary/aromatic N) is 1. The first kappa shape index (κ1) is 15.6. The Morgan fingerprint density at radius 2 is 2.00 bits per heavy atom. The maximum Gasteiger partial charge on any atom is 0.416 e. The summed E-state index contributed by atoms with van der Waals surface area (Å²) in [6.45, 7) is 0.600. The number of carboxylic acids is 1. The number of phenols is 1. The smallest absolute Gasteiger partial charge is 0.416 e. The standard InChI is InChI=1S/C14H16F3NO3/c15-14(16,17)10-5-9(6-11(19)7-10)8-18-4-2-1-3-12(18)13(20)21/h5-7,12,19H,1-4,8H2,(H,20,21). The van der Waals surface area contributed by atoms with E-state index in [1.165, 1.54) is 6.07 Å². The van der Waals surface area contributed by atoms with Gasteiger partial charge in [-0.2, -0.15) is 13.2 Å². The van der Waals surface area contributed by atoms with Crippen molar-refractivity contribution in [2.45, 2.75) is 38.0 Å². The number of aromatic hydroxyl groups is 1. The first-order valence-electron chi connectivity index (χ1n) is 6.64. The van der Waals surface area contributed by atoms with Crippen molar-refractivity contribution in [3.05, 3.63) is 29.3 Å². The Morgan fingerprint density at radius 1 is 1.29 bits per heavy atom. The van der Waals surface area contributed by atoms with Crippen molar-refractivity contribution >= 4 is 5.97 Å². The number of aliphatic carboxylic acids is 1. The van der Waals surface area contributed by atoms with E-state index in [0.717, 1.165) is 18.9 Å². The lowest BCUT2D eigenvalue weighted by Gasteiger charge is -2.33.